The van der Waals surface area contributed by atoms with Crippen LogP contribution in [0.15, 0.2) is 323 Å². The van der Waals surface area contributed by atoms with Crippen LogP contribution in [0.1, 0.15) is 99.6 Å². The van der Waals surface area contributed by atoms with Gasteiger partial charge in [0, 0.05) is 134 Å². The molecule has 0 fully saturated rings. The van der Waals surface area contributed by atoms with Gasteiger partial charge in [0.05, 0.1) is 14.2 Å². The number of halogens is 1. The number of methoxy groups -OCH3 is 2. The number of amides is 3. The molecule has 12 rings (SSSR count). The molecule has 3 amide bonds. The number of rotatable bonds is 35. The van der Waals surface area contributed by atoms with Crippen LogP contribution in [0, 0.1) is 67.6 Å². The largest absolute Gasteiger partial charge is 0.674 e. The maximum atomic E-state index is 13.5. The van der Waals surface area contributed by atoms with E-state index >= 15 is 0 Å². The molecule has 12 aromatic carbocycles. The van der Waals surface area contributed by atoms with Gasteiger partial charge in [0.1, 0.15) is 5.82 Å². The van der Waals surface area contributed by atoms with Gasteiger partial charge in [-0.1, -0.05) is 250 Å². The number of carbonyl (C=O) groups excluding carboxylic acids is 3. The van der Waals surface area contributed by atoms with Crippen LogP contribution in [0.25, 0.3) is 56.2 Å². The van der Waals surface area contributed by atoms with Crippen molar-refractivity contribution in [3.8, 4) is 44.9 Å². The van der Waals surface area contributed by atoms with Crippen LogP contribution in [-0.2, 0) is 45.1 Å². The van der Waals surface area contributed by atoms with Crippen molar-refractivity contribution in [2.24, 2.45) is 35.0 Å². The standard InChI is InChI=1S/C35H38N2O4.C33H33FN2O2.C33H34N3O2.Ac/c1-24(36)29-11-7-10-26(20-29)21-31(23-38)32(18-12-25-8-5-4-6-9-25)37-35(39)28-15-13-27(14-16-28)30-17-19-33(40-2)34(22-30)41-3;1-23(35)29-9-5-8-25(20-29)21-30(22-37)32(19-10-24-6-3-2-4-7-24)36-33(38)28-13-11-26(12-14-28)27-15-17-31(34)18-16-27;1-23(35)29-11-5-9-25(17-29)18-31(22-37)32(20-24-7-3-2-4-8-24)36-33(38)28-15-13-27(14-16-28)30-12-6-10-26(19-30)21-34;/h4-11,13-17,19-20,22,31-32,38H,1,12,18,21,23,36H2,2-3H3,(H,37,39);2-9,11-18,20,30,32,37H,1,10,19,21-22,35H2,(H,36,38);2-17,19,31-32,34,37H,1,18,20-22,35H2,(H,36,38);/q;;-1;. The summed E-state index contributed by atoms with van der Waals surface area (Å²) in [7, 11) is 3.21. The molecule has 17 heteroatoms. The molecule has 15 nitrogen and oxygen atoms in total. The zero-order chi connectivity index (χ0) is 83.0. The molecule has 0 aromatic heterocycles. The van der Waals surface area contributed by atoms with Crippen LogP contribution in [0.3, 0.4) is 0 Å². The Morgan fingerprint density at radius 2 is 0.661 bits per heavy atom. The van der Waals surface area contributed by atoms with Crippen LogP contribution in [-0.4, -0.2) is 85.2 Å². The minimum Gasteiger partial charge on any atom is -0.674 e. The molecule has 118 heavy (non-hydrogen) atoms. The zero-order valence-electron chi connectivity index (χ0n) is 67.0. The maximum absolute atomic E-state index is 13.5. The Hall–Kier alpha value is -11.5. The predicted octanol–water partition coefficient (Wildman–Crippen LogP) is 17.9. The van der Waals surface area contributed by atoms with Gasteiger partial charge in [-0.25, -0.2) is 4.39 Å². The number of aryl methyl sites for hydroxylation is 2. The molecule has 12 aromatic rings. The number of aliphatic hydroxyl groups is 3. The van der Waals surface area contributed by atoms with E-state index in [1.165, 1.54) is 23.3 Å². The molecule has 0 saturated carbocycles. The van der Waals surface area contributed by atoms with Gasteiger partial charge in [-0.15, -0.1) is 6.54 Å². The summed E-state index contributed by atoms with van der Waals surface area (Å²) in [5, 5.41) is 40.8. The summed E-state index contributed by atoms with van der Waals surface area (Å²) in [5.41, 5.74) is 44.2. The molecule has 0 spiro atoms. The summed E-state index contributed by atoms with van der Waals surface area (Å²) in [6.45, 7) is 11.5. The molecule has 0 saturated heterocycles. The second kappa shape index (κ2) is 46.4. The summed E-state index contributed by atoms with van der Waals surface area (Å²) in [6.07, 6.45) is 5.27. The van der Waals surface area contributed by atoms with E-state index in [0.29, 0.717) is 83.8 Å². The van der Waals surface area contributed by atoms with Crippen LogP contribution in [0.2, 0.25) is 0 Å². The summed E-state index contributed by atoms with van der Waals surface area (Å²) >= 11 is 0. The summed E-state index contributed by atoms with van der Waals surface area (Å²) < 4.78 is 24.0. The van der Waals surface area contributed by atoms with Gasteiger partial charge in [0.2, 0.25) is 0 Å². The van der Waals surface area contributed by atoms with Crippen LogP contribution < -0.4 is 42.6 Å². The third kappa shape index (κ3) is 27.0. The number of benzene rings is 12. The van der Waals surface area contributed by atoms with Crippen molar-refractivity contribution in [2.75, 3.05) is 34.0 Å². The first-order chi connectivity index (χ1) is 56.8. The van der Waals surface area contributed by atoms with Crippen molar-refractivity contribution in [1.29, 1.82) is 0 Å². The monoisotopic (exact) mass is 1790 g/mol. The fourth-order valence-electron chi connectivity index (χ4n) is 14.3. The minimum absolute atomic E-state index is 0. The summed E-state index contributed by atoms with van der Waals surface area (Å²) in [5.74, 6) is -0.119. The topological polar surface area (TPSA) is 268 Å². The third-order valence-corrected chi connectivity index (χ3v) is 21.0. The van der Waals surface area contributed by atoms with Gasteiger partial charge in [0.15, 0.2) is 11.5 Å². The number of nitrogens with one attached hydrogen (secondary N) is 4. The molecule has 0 aliphatic rings. The molecule has 603 valence electrons. The third-order valence-electron chi connectivity index (χ3n) is 21.0. The molecule has 6 atom stereocenters. The second-order valence-electron chi connectivity index (χ2n) is 29.3. The number of ether oxygens (including phenoxy) is 2. The smallest absolute Gasteiger partial charge is 0.251 e. The average molecular weight is 1790 g/mol. The maximum Gasteiger partial charge on any atom is 0.251 e. The summed E-state index contributed by atoms with van der Waals surface area (Å²) in [6, 6.07) is 95.1. The first-order valence-corrected chi connectivity index (χ1v) is 39.3. The average Bonchev–Trinajstić information content (AvgIpc) is 0.833. The zero-order valence-corrected chi connectivity index (χ0v) is 71.8. The Labute approximate surface area is 729 Å². The van der Waals surface area contributed by atoms with E-state index in [0.717, 1.165) is 90.7 Å². The van der Waals surface area contributed by atoms with Gasteiger partial charge in [-0.3, -0.25) is 14.4 Å². The Morgan fingerprint density at radius 3 is 1.03 bits per heavy atom. The van der Waals surface area contributed by atoms with E-state index in [-0.39, 0.29) is 130 Å². The van der Waals surface area contributed by atoms with Crippen molar-refractivity contribution in [1.82, 2.24) is 16.0 Å². The van der Waals surface area contributed by atoms with Gasteiger partial charge in [0.25, 0.3) is 17.7 Å². The molecule has 6 unspecified atom stereocenters. The number of hydrogen-bond donors (Lipinski definition) is 9. The number of carbonyl (C=O) groups is 3. The molecule has 13 N–H and O–H groups in total. The molecule has 1 radical (unpaired) electrons. The normalized spacial score (nSPS) is 12.3. The van der Waals surface area contributed by atoms with E-state index in [1.54, 1.807) is 38.5 Å². The van der Waals surface area contributed by atoms with E-state index < -0.39 is 0 Å². The second-order valence-corrected chi connectivity index (χ2v) is 29.3. The van der Waals surface area contributed by atoms with E-state index in [1.807, 2.05) is 243 Å². The first-order valence-electron chi connectivity index (χ1n) is 39.3. The number of nitrogens with two attached hydrogens (primary N) is 3. The van der Waals surface area contributed by atoms with Gasteiger partial charge in [-0.2, -0.15) is 0 Å². The van der Waals surface area contributed by atoms with Crippen molar-refractivity contribution < 1.29 is 87.6 Å². The van der Waals surface area contributed by atoms with E-state index in [9.17, 15) is 34.1 Å². The SMILES string of the molecule is C=C(N)c1cccc(CC(CO)C(CCc2ccccc2)NC(=O)c2ccc(-c3ccc(F)cc3)cc2)c1.C=C(N)c1cccc(CC(CO)C(CCc2ccccc2)NC(=O)c2ccc(-c3ccc(OC)c(OC)c3)cc2)c1.C=C(N)c1cccc(CC(CO)C(Cc2ccccc2)NC(=O)c2ccc(-c3cccc(C[NH-])c3)cc2)c1.[Ac]. The quantitative estimate of drug-likeness (QED) is 0.0180. The Balaban J connectivity index is 0.000000201. The Bertz CT molecular complexity index is 5210. The van der Waals surface area contributed by atoms with Gasteiger partial charge >= 0.3 is 0 Å². The van der Waals surface area contributed by atoms with E-state index in [2.05, 4.69) is 60.0 Å². The van der Waals surface area contributed by atoms with Crippen LogP contribution in [0.4, 0.5) is 4.39 Å². The van der Waals surface area contributed by atoms with Crippen molar-refractivity contribution >= 4 is 34.8 Å². The minimum atomic E-state index is -0.288. The molecular formula is C101H105AcFN7O8-. The van der Waals surface area contributed by atoms with Crippen LogP contribution in [0.5, 0.6) is 11.5 Å². The molecule has 0 heterocycles. The fraction of sp³-hybridized carbons (Fsp3) is 0.198. The molecule has 0 aliphatic carbocycles. The van der Waals surface area contributed by atoms with Crippen LogP contribution >= 0.6 is 0 Å². The number of aliphatic hydroxyl groups excluding tert-OH is 3. The molecule has 0 bridgehead atoms. The fourth-order valence-corrected chi connectivity index (χ4v) is 14.3. The van der Waals surface area contributed by atoms with Crippen molar-refractivity contribution in [3.63, 3.8) is 0 Å². The predicted molar refractivity (Wildman–Crippen MR) is 472 cm³/mol. The van der Waals surface area contributed by atoms with Gasteiger partial charge < -0.3 is 63.7 Å². The molecule has 0 aliphatic heterocycles. The number of hydrogen-bond acceptors (Lipinski definition) is 11. The Morgan fingerprint density at radius 1 is 0.347 bits per heavy atom. The first kappa shape index (κ1) is 90.4. The Kier molecular flexibility index (Phi) is 35.6. The van der Waals surface area contributed by atoms with E-state index in [4.69, 9.17) is 32.4 Å². The van der Waals surface area contributed by atoms with Crippen molar-refractivity contribution in [3.05, 3.63) is 407 Å². The van der Waals surface area contributed by atoms with Crippen molar-refractivity contribution in [2.45, 2.75) is 76.0 Å². The van der Waals surface area contributed by atoms with Gasteiger partial charge in [-0.05, 0) is 214 Å². The summed E-state index contributed by atoms with van der Waals surface area (Å²) in [4.78, 5) is 40.1. The molecular weight excluding hydrogens is 1690 g/mol.